The van der Waals surface area contributed by atoms with Crippen LogP contribution in [0.5, 0.6) is 0 Å². The molecule has 2 rings (SSSR count). The van der Waals surface area contributed by atoms with Crippen LogP contribution < -0.4 is 10.2 Å². The van der Waals surface area contributed by atoms with E-state index in [1.165, 1.54) is 6.08 Å². The third-order valence-corrected chi connectivity index (χ3v) is 2.72. The number of carbonyl (C=O) groups is 2. The van der Waals surface area contributed by atoms with Crippen molar-refractivity contribution in [1.82, 2.24) is 4.98 Å². The fraction of sp³-hybridized carbons (Fsp3) is 0.308. The van der Waals surface area contributed by atoms with Crippen LogP contribution >= 0.6 is 0 Å². The molecular formula is C13H15N3O3. The van der Waals surface area contributed by atoms with Crippen LogP contribution in [0.15, 0.2) is 30.1 Å². The van der Waals surface area contributed by atoms with Crippen molar-refractivity contribution in [2.24, 2.45) is 0 Å². The molecule has 1 aromatic heterocycles. The summed E-state index contributed by atoms with van der Waals surface area (Å²) in [4.78, 5) is 29.2. The molecule has 6 heteroatoms. The van der Waals surface area contributed by atoms with Gasteiger partial charge in [0.2, 0.25) is 5.91 Å². The lowest BCUT2D eigenvalue weighted by Crippen LogP contribution is -2.19. The van der Waals surface area contributed by atoms with Crippen LogP contribution in [-0.4, -0.2) is 30.5 Å². The maximum Gasteiger partial charge on any atom is 0.332 e. The number of esters is 1. The fourth-order valence-corrected chi connectivity index (χ4v) is 1.84. The molecular weight excluding hydrogens is 246 g/mol. The molecule has 100 valence electrons. The van der Waals surface area contributed by atoms with Gasteiger partial charge >= 0.3 is 5.97 Å². The second kappa shape index (κ2) is 5.51. The van der Waals surface area contributed by atoms with E-state index < -0.39 is 5.97 Å². The number of hydrogen-bond acceptors (Lipinski definition) is 5. The topological polar surface area (TPSA) is 71.5 Å². The molecule has 1 N–H and O–H groups in total. The summed E-state index contributed by atoms with van der Waals surface area (Å²) >= 11 is 0. The van der Waals surface area contributed by atoms with Gasteiger partial charge in [-0.15, -0.1) is 0 Å². The average Bonchev–Trinajstić information content (AvgIpc) is 2.48. The van der Waals surface area contributed by atoms with E-state index in [0.29, 0.717) is 23.8 Å². The molecule has 6 nitrogen and oxygen atoms in total. The molecule has 0 fully saturated rings. The van der Waals surface area contributed by atoms with Crippen molar-refractivity contribution in [3.63, 3.8) is 0 Å². The highest BCUT2D eigenvalue weighted by Gasteiger charge is 2.22. The molecule has 0 saturated heterocycles. The van der Waals surface area contributed by atoms with Crippen LogP contribution in [0, 0.1) is 0 Å². The number of ether oxygens (including phenoxy) is 1. The smallest absolute Gasteiger partial charge is 0.332 e. The van der Waals surface area contributed by atoms with Crippen molar-refractivity contribution in [3.05, 3.63) is 30.1 Å². The Balaban J connectivity index is 2.37. The Bertz CT molecular complexity index is 540. The van der Waals surface area contributed by atoms with E-state index in [-0.39, 0.29) is 12.3 Å². The van der Waals surface area contributed by atoms with Crippen molar-refractivity contribution >= 4 is 23.4 Å². The van der Waals surface area contributed by atoms with Gasteiger partial charge < -0.3 is 15.0 Å². The number of rotatable bonds is 2. The van der Waals surface area contributed by atoms with Gasteiger partial charge in [-0.05, 0) is 19.1 Å². The molecule has 0 aliphatic carbocycles. The second-order valence-electron chi connectivity index (χ2n) is 4.05. The highest BCUT2D eigenvalue weighted by atomic mass is 16.5. The largest absolute Gasteiger partial charge is 0.463 e. The highest BCUT2D eigenvalue weighted by molar-refractivity contribution is 5.99. The monoisotopic (exact) mass is 261 g/mol. The summed E-state index contributed by atoms with van der Waals surface area (Å²) in [6, 6.07) is 3.51. The quantitative estimate of drug-likeness (QED) is 0.642. The lowest BCUT2D eigenvalue weighted by atomic mass is 10.2. The molecule has 0 aromatic carbocycles. The van der Waals surface area contributed by atoms with Crippen LogP contribution in [0.1, 0.15) is 13.3 Å². The van der Waals surface area contributed by atoms with Gasteiger partial charge in [-0.25, -0.2) is 9.78 Å². The molecule has 1 amide bonds. The Labute approximate surface area is 111 Å². The Hall–Kier alpha value is -2.37. The van der Waals surface area contributed by atoms with Gasteiger partial charge in [0.1, 0.15) is 0 Å². The van der Waals surface area contributed by atoms with Crippen LogP contribution in [-0.2, 0) is 14.3 Å². The van der Waals surface area contributed by atoms with Crippen molar-refractivity contribution in [1.29, 1.82) is 0 Å². The lowest BCUT2D eigenvalue weighted by Gasteiger charge is -2.19. The van der Waals surface area contributed by atoms with E-state index in [1.54, 1.807) is 37.2 Å². The molecule has 19 heavy (non-hydrogen) atoms. The standard InChI is InChI=1S/C13H15N3O3/c1-3-19-12(18)8-9-7-11(17)15-10-5-4-6-14-13(10)16(9)2/h4-6,8H,3,7H2,1-2H3,(H,15,17)/b9-8+. The molecule has 0 atom stereocenters. The van der Waals surface area contributed by atoms with Crippen LogP contribution in [0.2, 0.25) is 0 Å². The number of nitrogens with one attached hydrogen (secondary N) is 1. The van der Waals surface area contributed by atoms with E-state index in [0.717, 1.165) is 0 Å². The van der Waals surface area contributed by atoms with Gasteiger partial charge in [0.05, 0.1) is 18.7 Å². The van der Waals surface area contributed by atoms with Gasteiger partial charge in [0.15, 0.2) is 5.82 Å². The minimum Gasteiger partial charge on any atom is -0.463 e. The number of anilines is 2. The molecule has 1 aromatic rings. The van der Waals surface area contributed by atoms with Gasteiger partial charge in [-0.3, -0.25) is 4.79 Å². The van der Waals surface area contributed by atoms with Crippen LogP contribution in [0.3, 0.4) is 0 Å². The minimum atomic E-state index is -0.462. The van der Waals surface area contributed by atoms with Crippen LogP contribution in [0.4, 0.5) is 11.5 Å². The van der Waals surface area contributed by atoms with E-state index in [9.17, 15) is 9.59 Å². The number of pyridine rings is 1. The van der Waals surface area contributed by atoms with E-state index in [1.807, 2.05) is 0 Å². The predicted octanol–water partition coefficient (Wildman–Crippen LogP) is 1.31. The Morgan fingerprint density at radius 1 is 1.63 bits per heavy atom. The number of aromatic nitrogens is 1. The molecule has 0 bridgehead atoms. The van der Waals surface area contributed by atoms with Crippen molar-refractivity contribution < 1.29 is 14.3 Å². The van der Waals surface area contributed by atoms with Crippen molar-refractivity contribution in [2.75, 3.05) is 23.9 Å². The minimum absolute atomic E-state index is 0.103. The second-order valence-corrected chi connectivity index (χ2v) is 4.05. The number of hydrogen-bond donors (Lipinski definition) is 1. The average molecular weight is 261 g/mol. The summed E-state index contributed by atoms with van der Waals surface area (Å²) < 4.78 is 4.86. The summed E-state index contributed by atoms with van der Waals surface area (Å²) in [5.74, 6) is -0.0467. The molecule has 0 saturated carbocycles. The third-order valence-electron chi connectivity index (χ3n) is 2.72. The lowest BCUT2D eigenvalue weighted by molar-refractivity contribution is -0.137. The maximum absolute atomic E-state index is 11.8. The number of carbonyl (C=O) groups excluding carboxylic acids is 2. The summed E-state index contributed by atoms with van der Waals surface area (Å²) in [7, 11) is 1.76. The fourth-order valence-electron chi connectivity index (χ4n) is 1.84. The molecule has 1 aliphatic heterocycles. The van der Waals surface area contributed by atoms with Crippen molar-refractivity contribution in [2.45, 2.75) is 13.3 Å². The zero-order valence-electron chi connectivity index (χ0n) is 10.8. The van der Waals surface area contributed by atoms with Gasteiger partial charge in [0, 0.05) is 25.0 Å². The number of amides is 1. The maximum atomic E-state index is 11.8. The summed E-state index contributed by atoms with van der Waals surface area (Å²) in [6.07, 6.45) is 3.06. The van der Waals surface area contributed by atoms with Gasteiger partial charge in [0.25, 0.3) is 0 Å². The van der Waals surface area contributed by atoms with Gasteiger partial charge in [-0.2, -0.15) is 0 Å². The summed E-state index contributed by atoms with van der Waals surface area (Å²) in [5, 5.41) is 2.75. The zero-order chi connectivity index (χ0) is 13.8. The van der Waals surface area contributed by atoms with E-state index in [4.69, 9.17) is 4.74 Å². The molecule has 0 spiro atoms. The third kappa shape index (κ3) is 2.90. The molecule has 0 unspecified atom stereocenters. The summed E-state index contributed by atoms with van der Waals surface area (Å²) in [5.41, 5.74) is 1.18. The zero-order valence-corrected chi connectivity index (χ0v) is 10.8. The van der Waals surface area contributed by atoms with Gasteiger partial charge in [-0.1, -0.05) is 0 Å². The molecule has 0 radical (unpaired) electrons. The first kappa shape index (κ1) is 13.1. The van der Waals surface area contributed by atoms with E-state index >= 15 is 0 Å². The van der Waals surface area contributed by atoms with E-state index in [2.05, 4.69) is 10.3 Å². The Morgan fingerprint density at radius 3 is 3.16 bits per heavy atom. The Kier molecular flexibility index (Phi) is 3.79. The number of fused-ring (bicyclic) bond motifs is 1. The number of nitrogens with zero attached hydrogens (tertiary/aromatic N) is 2. The SMILES string of the molecule is CCOC(=O)/C=C1\CC(=O)Nc2cccnc2N1C. The first-order valence-corrected chi connectivity index (χ1v) is 5.97. The first-order chi connectivity index (χ1) is 9.11. The Morgan fingerprint density at radius 2 is 2.42 bits per heavy atom. The first-order valence-electron chi connectivity index (χ1n) is 5.97. The predicted molar refractivity (Wildman–Crippen MR) is 70.6 cm³/mol. The highest BCUT2D eigenvalue weighted by Crippen LogP contribution is 2.29. The summed E-state index contributed by atoms with van der Waals surface area (Å²) in [6.45, 7) is 2.03. The van der Waals surface area contributed by atoms with Crippen molar-refractivity contribution in [3.8, 4) is 0 Å². The molecule has 2 heterocycles. The normalized spacial score (nSPS) is 16.6. The molecule has 1 aliphatic rings. The van der Waals surface area contributed by atoms with Crippen LogP contribution in [0.25, 0.3) is 0 Å².